The lowest BCUT2D eigenvalue weighted by Gasteiger charge is -2.42. The molecule has 0 radical (unpaired) electrons. The first-order chi connectivity index (χ1) is 9.42. The van der Waals surface area contributed by atoms with Gasteiger partial charge in [0.2, 0.25) is 0 Å². The van der Waals surface area contributed by atoms with Crippen LogP contribution in [0.2, 0.25) is 0 Å². The van der Waals surface area contributed by atoms with Gasteiger partial charge in [0.1, 0.15) is 0 Å². The van der Waals surface area contributed by atoms with Gasteiger partial charge in [-0.1, -0.05) is 20.8 Å². The van der Waals surface area contributed by atoms with E-state index in [1.165, 1.54) is 32.1 Å². The highest BCUT2D eigenvalue weighted by Crippen LogP contribution is 2.63. The van der Waals surface area contributed by atoms with Gasteiger partial charge in [-0.3, -0.25) is 0 Å². The molecule has 0 unspecified atom stereocenters. The minimum absolute atomic E-state index is 0.278. The molecule has 3 fully saturated rings. The van der Waals surface area contributed by atoms with Crippen LogP contribution in [-0.2, 0) is 4.74 Å². The summed E-state index contributed by atoms with van der Waals surface area (Å²) < 4.78 is 6.25. The summed E-state index contributed by atoms with van der Waals surface area (Å²) in [5, 5.41) is 10.2. The molecule has 1 N–H and O–H groups in total. The fraction of sp³-hybridized carbons (Fsp3) is 1.00. The molecule has 0 amide bonds. The molecule has 1 heterocycles. The van der Waals surface area contributed by atoms with Crippen LogP contribution in [0, 0.1) is 16.7 Å². The summed E-state index contributed by atoms with van der Waals surface area (Å²) in [5.41, 5.74) is 0.627. The van der Waals surface area contributed by atoms with Crippen molar-refractivity contribution < 1.29 is 9.84 Å². The van der Waals surface area contributed by atoms with E-state index in [1.54, 1.807) is 0 Å². The number of ether oxygens (including phenoxy) is 1. The van der Waals surface area contributed by atoms with E-state index in [9.17, 15) is 5.11 Å². The van der Waals surface area contributed by atoms with Crippen LogP contribution in [0.15, 0.2) is 0 Å². The number of nitrogens with zero attached hydrogens (tertiary/aromatic N) is 1. The van der Waals surface area contributed by atoms with Crippen LogP contribution in [0.5, 0.6) is 0 Å². The maximum absolute atomic E-state index is 10.2. The van der Waals surface area contributed by atoms with E-state index in [0.717, 1.165) is 25.6 Å². The van der Waals surface area contributed by atoms with E-state index in [1.807, 2.05) is 0 Å². The summed E-state index contributed by atoms with van der Waals surface area (Å²) >= 11 is 0. The van der Waals surface area contributed by atoms with E-state index in [0.29, 0.717) is 18.1 Å². The second kappa shape index (κ2) is 5.26. The molecular formula is C17H31NO2. The van der Waals surface area contributed by atoms with Crippen molar-refractivity contribution in [2.45, 2.75) is 65.1 Å². The molecule has 2 saturated carbocycles. The summed E-state index contributed by atoms with van der Waals surface area (Å²) in [7, 11) is 0. The fourth-order valence-electron chi connectivity index (χ4n) is 5.20. The van der Waals surface area contributed by atoms with Crippen molar-refractivity contribution in [2.24, 2.45) is 16.7 Å². The number of fused-ring (bicyclic) bond motifs is 2. The van der Waals surface area contributed by atoms with E-state index in [-0.39, 0.29) is 11.5 Å². The minimum Gasteiger partial charge on any atom is -0.389 e. The monoisotopic (exact) mass is 281 g/mol. The van der Waals surface area contributed by atoms with Crippen molar-refractivity contribution >= 4 is 0 Å². The van der Waals surface area contributed by atoms with Crippen molar-refractivity contribution in [3.05, 3.63) is 0 Å². The Morgan fingerprint density at radius 2 is 1.95 bits per heavy atom. The first-order valence-corrected chi connectivity index (χ1v) is 8.44. The molecule has 4 atom stereocenters. The van der Waals surface area contributed by atoms with Crippen molar-refractivity contribution in [3.63, 3.8) is 0 Å². The molecule has 116 valence electrons. The van der Waals surface area contributed by atoms with Crippen LogP contribution in [0.3, 0.4) is 0 Å². The van der Waals surface area contributed by atoms with Crippen molar-refractivity contribution in [1.29, 1.82) is 0 Å². The number of β-amino-alcohol motifs (C(OH)–C–C–N with tert-alkyl or cyclic N) is 1. The van der Waals surface area contributed by atoms with Crippen molar-refractivity contribution in [1.82, 2.24) is 4.90 Å². The fourth-order valence-corrected chi connectivity index (χ4v) is 5.20. The lowest BCUT2D eigenvalue weighted by Crippen LogP contribution is -2.44. The van der Waals surface area contributed by atoms with Gasteiger partial charge in [-0.05, 0) is 61.9 Å². The van der Waals surface area contributed by atoms with Crippen LogP contribution in [0.25, 0.3) is 0 Å². The Labute approximate surface area is 123 Å². The highest BCUT2D eigenvalue weighted by atomic mass is 16.5. The summed E-state index contributed by atoms with van der Waals surface area (Å²) in [6.07, 6.45) is 6.53. The highest BCUT2D eigenvalue weighted by molar-refractivity contribution is 5.09. The molecule has 3 rings (SSSR count). The second-order valence-corrected chi connectivity index (χ2v) is 8.29. The Balaban J connectivity index is 1.52. The molecule has 0 aromatic rings. The van der Waals surface area contributed by atoms with Crippen LogP contribution >= 0.6 is 0 Å². The first-order valence-electron chi connectivity index (χ1n) is 8.44. The normalized spacial score (nSPS) is 41.4. The van der Waals surface area contributed by atoms with Crippen LogP contribution < -0.4 is 0 Å². The Hall–Kier alpha value is -0.120. The molecule has 0 aromatic carbocycles. The standard InChI is InChI=1S/C17H31NO2/c1-16(2)13-6-7-17(3,10-13)15(16)20-12-14(19)11-18-8-4-5-9-18/h13-15,19H,4-12H2,1-3H3/t13-,14+,15+,17-/m0/s1. The molecule has 20 heavy (non-hydrogen) atoms. The van der Waals surface area contributed by atoms with Gasteiger partial charge in [0.25, 0.3) is 0 Å². The van der Waals surface area contributed by atoms with Gasteiger partial charge in [0.15, 0.2) is 0 Å². The Bertz CT molecular complexity index is 346. The summed E-state index contributed by atoms with van der Waals surface area (Å²) in [5.74, 6) is 0.813. The summed E-state index contributed by atoms with van der Waals surface area (Å²) in [4.78, 5) is 2.36. The molecular weight excluding hydrogens is 250 g/mol. The van der Waals surface area contributed by atoms with Gasteiger partial charge in [-0.2, -0.15) is 0 Å². The molecule has 2 bridgehead atoms. The van der Waals surface area contributed by atoms with Gasteiger partial charge < -0.3 is 14.7 Å². The maximum atomic E-state index is 10.2. The number of hydrogen-bond acceptors (Lipinski definition) is 3. The summed E-state index contributed by atoms with van der Waals surface area (Å²) in [6.45, 7) is 10.7. The third-order valence-corrected chi connectivity index (χ3v) is 6.26. The van der Waals surface area contributed by atoms with Crippen LogP contribution in [0.1, 0.15) is 52.9 Å². The predicted molar refractivity (Wildman–Crippen MR) is 80.6 cm³/mol. The second-order valence-electron chi connectivity index (χ2n) is 8.29. The highest BCUT2D eigenvalue weighted by Gasteiger charge is 2.60. The Morgan fingerprint density at radius 3 is 2.55 bits per heavy atom. The lowest BCUT2D eigenvalue weighted by molar-refractivity contribution is -0.113. The minimum atomic E-state index is -0.327. The molecule has 1 aliphatic heterocycles. The number of hydrogen-bond donors (Lipinski definition) is 1. The molecule has 0 aromatic heterocycles. The first kappa shape index (κ1) is 14.8. The zero-order valence-corrected chi connectivity index (χ0v) is 13.4. The zero-order valence-electron chi connectivity index (χ0n) is 13.4. The Morgan fingerprint density at radius 1 is 1.25 bits per heavy atom. The summed E-state index contributed by atoms with van der Waals surface area (Å²) in [6, 6.07) is 0. The van der Waals surface area contributed by atoms with Crippen LogP contribution in [0.4, 0.5) is 0 Å². The predicted octanol–water partition coefficient (Wildman–Crippen LogP) is 2.67. The molecule has 3 nitrogen and oxygen atoms in total. The molecule has 1 saturated heterocycles. The molecule has 3 aliphatic rings. The maximum Gasteiger partial charge on any atom is 0.0900 e. The number of aliphatic hydroxyl groups excluding tert-OH is 1. The van der Waals surface area contributed by atoms with E-state index in [2.05, 4.69) is 25.7 Å². The largest absolute Gasteiger partial charge is 0.389 e. The average molecular weight is 281 g/mol. The Kier molecular flexibility index (Phi) is 3.89. The van der Waals surface area contributed by atoms with E-state index in [4.69, 9.17) is 4.74 Å². The van der Waals surface area contributed by atoms with Gasteiger partial charge in [-0.25, -0.2) is 0 Å². The number of likely N-dealkylation sites (tertiary alicyclic amines) is 1. The SMILES string of the molecule is CC1(C)[C@H]2CC[C@@](C)(C2)[C@@H]1OC[C@H](O)CN1CCCC1. The third-order valence-electron chi connectivity index (χ3n) is 6.26. The molecule has 2 aliphatic carbocycles. The van der Waals surface area contributed by atoms with Crippen molar-refractivity contribution in [3.8, 4) is 0 Å². The smallest absolute Gasteiger partial charge is 0.0900 e. The number of rotatable bonds is 5. The van der Waals surface area contributed by atoms with Crippen molar-refractivity contribution in [2.75, 3.05) is 26.2 Å². The van der Waals surface area contributed by atoms with E-state index < -0.39 is 0 Å². The lowest BCUT2D eigenvalue weighted by atomic mass is 9.70. The molecule has 0 spiro atoms. The quantitative estimate of drug-likeness (QED) is 0.841. The van der Waals surface area contributed by atoms with Gasteiger partial charge in [-0.15, -0.1) is 0 Å². The van der Waals surface area contributed by atoms with E-state index >= 15 is 0 Å². The topological polar surface area (TPSA) is 32.7 Å². The zero-order chi connectivity index (χ0) is 14.4. The van der Waals surface area contributed by atoms with Gasteiger partial charge in [0.05, 0.1) is 18.8 Å². The molecule has 3 heteroatoms. The number of aliphatic hydroxyl groups is 1. The third kappa shape index (κ3) is 2.53. The average Bonchev–Trinajstić information content (AvgIpc) is 3.02. The van der Waals surface area contributed by atoms with Crippen LogP contribution in [-0.4, -0.2) is 48.5 Å². The van der Waals surface area contributed by atoms with Gasteiger partial charge in [0, 0.05) is 6.54 Å². The van der Waals surface area contributed by atoms with Gasteiger partial charge >= 0.3 is 0 Å².